The third kappa shape index (κ3) is 5.90. The maximum absolute atomic E-state index is 12.4. The number of anilines is 1. The molecule has 0 aromatic heterocycles. The normalized spacial score (nSPS) is 25.4. The number of nitrogens with one attached hydrogen (secondary N) is 2. The number of rotatable bonds is 4. The van der Waals surface area contributed by atoms with E-state index in [-0.39, 0.29) is 23.1 Å². The van der Waals surface area contributed by atoms with Crippen LogP contribution in [-0.4, -0.2) is 22.7 Å². The molecule has 0 spiro atoms. The van der Waals surface area contributed by atoms with Gasteiger partial charge in [0.1, 0.15) is 0 Å². The molecule has 2 fully saturated rings. The number of hydrogen-bond acceptors (Lipinski definition) is 3. The Labute approximate surface area is 162 Å². The zero-order valence-electron chi connectivity index (χ0n) is 15.7. The van der Waals surface area contributed by atoms with Gasteiger partial charge in [-0.1, -0.05) is 20.8 Å². The van der Waals surface area contributed by atoms with Gasteiger partial charge in [-0.25, -0.2) is 0 Å². The lowest BCUT2D eigenvalue weighted by Crippen LogP contribution is -2.39. The molecule has 5 heteroatoms. The second kappa shape index (κ2) is 8.32. The van der Waals surface area contributed by atoms with Crippen molar-refractivity contribution in [1.82, 2.24) is 5.32 Å². The molecule has 140 valence electrons. The Morgan fingerprint density at radius 2 is 1.88 bits per heavy atom. The predicted molar refractivity (Wildman–Crippen MR) is 110 cm³/mol. The van der Waals surface area contributed by atoms with Gasteiger partial charge in [0.05, 0.1) is 0 Å². The lowest BCUT2D eigenvalue weighted by atomic mass is 9.89. The fourth-order valence-electron chi connectivity index (χ4n) is 4.00. The van der Waals surface area contributed by atoms with Crippen LogP contribution < -0.4 is 10.6 Å². The first-order chi connectivity index (χ1) is 11.3. The van der Waals surface area contributed by atoms with Crippen LogP contribution in [0.2, 0.25) is 0 Å². The van der Waals surface area contributed by atoms with Crippen molar-refractivity contribution in [3.8, 4) is 0 Å². The van der Waals surface area contributed by atoms with Crippen LogP contribution in [0.15, 0.2) is 23.1 Å². The largest absolute Gasteiger partial charge is 0.326 e. The summed E-state index contributed by atoms with van der Waals surface area (Å²) in [6.45, 7) is 8.73. The zero-order chi connectivity index (χ0) is 17.3. The predicted octanol–water partition coefficient (Wildman–Crippen LogP) is 5.17. The minimum Gasteiger partial charge on any atom is -0.326 e. The van der Waals surface area contributed by atoms with Crippen molar-refractivity contribution in [3.05, 3.63) is 23.8 Å². The van der Waals surface area contributed by atoms with Crippen LogP contribution in [-0.2, 0) is 4.79 Å². The van der Waals surface area contributed by atoms with E-state index in [0.717, 1.165) is 24.1 Å². The highest BCUT2D eigenvalue weighted by molar-refractivity contribution is 8.00. The van der Waals surface area contributed by atoms with Crippen LogP contribution in [0.3, 0.4) is 0 Å². The fourth-order valence-corrected chi connectivity index (χ4v) is 5.08. The smallest absolute Gasteiger partial charge is 0.224 e. The van der Waals surface area contributed by atoms with Crippen LogP contribution in [0, 0.1) is 12.8 Å². The van der Waals surface area contributed by atoms with Crippen molar-refractivity contribution in [2.45, 2.75) is 81.5 Å². The number of amides is 1. The highest BCUT2D eigenvalue weighted by Crippen LogP contribution is 2.35. The SMILES string of the molecule is Cc1cc(SC(C)(C)C)ccc1NC(=O)CC1CC2CCC(C1)N2.Cl. The number of piperidine rings is 1. The lowest BCUT2D eigenvalue weighted by molar-refractivity contribution is -0.117. The van der Waals surface area contributed by atoms with Gasteiger partial charge in [0.2, 0.25) is 5.91 Å². The summed E-state index contributed by atoms with van der Waals surface area (Å²) in [5.41, 5.74) is 2.10. The molecule has 3 rings (SSSR count). The molecule has 2 saturated heterocycles. The van der Waals surface area contributed by atoms with Gasteiger partial charge in [-0.3, -0.25) is 4.79 Å². The van der Waals surface area contributed by atoms with E-state index in [2.05, 4.69) is 50.5 Å². The van der Waals surface area contributed by atoms with Crippen LogP contribution in [0.4, 0.5) is 5.69 Å². The Hall–Kier alpha value is -0.710. The van der Waals surface area contributed by atoms with Crippen molar-refractivity contribution in [2.75, 3.05) is 5.32 Å². The van der Waals surface area contributed by atoms with E-state index in [1.807, 2.05) is 17.8 Å². The fraction of sp³-hybridized carbons (Fsp3) is 0.650. The second-order valence-corrected chi connectivity index (χ2v) is 10.3. The summed E-state index contributed by atoms with van der Waals surface area (Å²) in [7, 11) is 0. The molecule has 3 nitrogen and oxygen atoms in total. The third-order valence-electron chi connectivity index (χ3n) is 4.94. The van der Waals surface area contributed by atoms with Gasteiger partial charge in [-0.2, -0.15) is 0 Å². The van der Waals surface area contributed by atoms with Crippen molar-refractivity contribution in [2.24, 2.45) is 5.92 Å². The average Bonchev–Trinajstić information content (AvgIpc) is 2.79. The van der Waals surface area contributed by atoms with E-state index in [9.17, 15) is 4.79 Å². The molecule has 2 unspecified atom stereocenters. The molecular formula is C20H31ClN2OS. The monoisotopic (exact) mass is 382 g/mol. The molecule has 0 saturated carbocycles. The van der Waals surface area contributed by atoms with E-state index >= 15 is 0 Å². The maximum atomic E-state index is 12.4. The highest BCUT2D eigenvalue weighted by Gasteiger charge is 2.34. The van der Waals surface area contributed by atoms with E-state index in [4.69, 9.17) is 0 Å². The van der Waals surface area contributed by atoms with Crippen molar-refractivity contribution in [1.29, 1.82) is 0 Å². The molecular weight excluding hydrogens is 352 g/mol. The Morgan fingerprint density at radius 3 is 2.44 bits per heavy atom. The molecule has 2 atom stereocenters. The summed E-state index contributed by atoms with van der Waals surface area (Å²) < 4.78 is 0.200. The Bertz CT molecular complexity index is 602. The minimum absolute atomic E-state index is 0. The summed E-state index contributed by atoms with van der Waals surface area (Å²) in [6, 6.07) is 7.64. The number of hydrogen-bond donors (Lipinski definition) is 2. The summed E-state index contributed by atoms with van der Waals surface area (Å²) in [5.74, 6) is 0.709. The van der Waals surface area contributed by atoms with Crippen LogP contribution >= 0.6 is 24.2 Å². The zero-order valence-corrected chi connectivity index (χ0v) is 17.4. The number of aryl methyl sites for hydroxylation is 1. The lowest BCUT2D eigenvalue weighted by Gasteiger charge is -2.28. The number of halogens is 1. The van der Waals surface area contributed by atoms with Gasteiger partial charge in [0, 0.05) is 33.8 Å². The molecule has 2 heterocycles. The molecule has 2 aliphatic rings. The first-order valence-electron chi connectivity index (χ1n) is 9.14. The first-order valence-corrected chi connectivity index (χ1v) is 9.96. The number of carbonyl (C=O) groups excluding carboxylic acids is 1. The molecule has 2 aliphatic heterocycles. The van der Waals surface area contributed by atoms with Crippen molar-refractivity contribution >= 4 is 35.8 Å². The molecule has 2 bridgehead atoms. The quantitative estimate of drug-likeness (QED) is 0.706. The van der Waals surface area contributed by atoms with Crippen molar-refractivity contribution < 1.29 is 4.79 Å². The standard InChI is InChI=1S/C20H30N2OS.ClH/c1-13-9-17(24-20(2,3)4)7-8-18(13)22-19(23)12-14-10-15-5-6-16(11-14)21-15;/h7-9,14-16,21H,5-6,10-12H2,1-4H3,(H,22,23);1H. The van der Waals surface area contributed by atoms with Gasteiger partial charge in [-0.15, -0.1) is 24.2 Å². The van der Waals surface area contributed by atoms with E-state index in [1.165, 1.54) is 17.7 Å². The average molecular weight is 383 g/mol. The van der Waals surface area contributed by atoms with Gasteiger partial charge in [0.25, 0.3) is 0 Å². The van der Waals surface area contributed by atoms with Crippen LogP contribution in [0.1, 0.15) is 58.4 Å². The summed E-state index contributed by atoms with van der Waals surface area (Å²) in [4.78, 5) is 13.7. The molecule has 0 radical (unpaired) electrons. The van der Waals surface area contributed by atoms with Gasteiger partial charge < -0.3 is 10.6 Å². The molecule has 25 heavy (non-hydrogen) atoms. The number of benzene rings is 1. The second-order valence-electron chi connectivity index (χ2n) is 8.42. The summed E-state index contributed by atoms with van der Waals surface area (Å²) in [5, 5.41) is 6.77. The summed E-state index contributed by atoms with van der Waals surface area (Å²) >= 11 is 1.86. The number of thioether (sulfide) groups is 1. The van der Waals surface area contributed by atoms with Crippen LogP contribution in [0.25, 0.3) is 0 Å². The molecule has 2 N–H and O–H groups in total. The molecule has 1 aromatic rings. The van der Waals surface area contributed by atoms with Gasteiger partial charge >= 0.3 is 0 Å². The Balaban J connectivity index is 0.00000225. The van der Waals surface area contributed by atoms with Gasteiger partial charge in [-0.05, 0) is 62.3 Å². The molecule has 1 amide bonds. The highest BCUT2D eigenvalue weighted by atomic mass is 35.5. The van der Waals surface area contributed by atoms with Crippen molar-refractivity contribution in [3.63, 3.8) is 0 Å². The first kappa shape index (κ1) is 20.6. The Morgan fingerprint density at radius 1 is 1.24 bits per heavy atom. The maximum Gasteiger partial charge on any atom is 0.224 e. The Kier molecular flexibility index (Phi) is 6.86. The van der Waals surface area contributed by atoms with E-state index < -0.39 is 0 Å². The summed E-state index contributed by atoms with van der Waals surface area (Å²) in [6.07, 6.45) is 5.55. The molecule has 1 aromatic carbocycles. The minimum atomic E-state index is 0. The third-order valence-corrected chi connectivity index (χ3v) is 6.04. The molecule has 0 aliphatic carbocycles. The van der Waals surface area contributed by atoms with E-state index in [0.29, 0.717) is 24.4 Å². The van der Waals surface area contributed by atoms with Gasteiger partial charge in [0.15, 0.2) is 0 Å². The number of carbonyl (C=O) groups is 1. The van der Waals surface area contributed by atoms with Crippen LogP contribution in [0.5, 0.6) is 0 Å². The number of fused-ring (bicyclic) bond motifs is 2. The van der Waals surface area contributed by atoms with E-state index in [1.54, 1.807) is 0 Å². The topological polar surface area (TPSA) is 41.1 Å².